The first-order valence-electron chi connectivity index (χ1n) is 5.73. The summed E-state index contributed by atoms with van der Waals surface area (Å²) in [5.74, 6) is 0.0262. The first-order valence-corrected chi connectivity index (χ1v) is 5.73. The Morgan fingerprint density at radius 3 is 2.31 bits per heavy atom. The maximum Gasteiger partial charge on any atom is 0.129 e. The monoisotopic (exact) mass is 224 g/mol. The van der Waals surface area contributed by atoms with Gasteiger partial charge in [0.25, 0.3) is 0 Å². The second-order valence-corrected chi connectivity index (χ2v) is 5.31. The molecule has 0 fully saturated rings. The molecule has 0 aliphatic carbocycles. The average Bonchev–Trinajstić information content (AvgIpc) is 1.96. The van der Waals surface area contributed by atoms with E-state index in [1.807, 2.05) is 33.8 Å². The Bertz CT molecular complexity index is 357. The van der Waals surface area contributed by atoms with E-state index in [0.717, 1.165) is 11.1 Å². The number of aliphatic hydroxyl groups is 1. The van der Waals surface area contributed by atoms with Gasteiger partial charge < -0.3 is 5.11 Å². The molecule has 0 bridgehead atoms. The van der Waals surface area contributed by atoms with Crippen LogP contribution in [0.5, 0.6) is 0 Å². The third-order valence-electron chi connectivity index (χ3n) is 2.78. The summed E-state index contributed by atoms with van der Waals surface area (Å²) in [6.45, 7) is 9.44. The Kier molecular flexibility index (Phi) is 3.74. The molecule has 1 atom stereocenters. The molecule has 0 saturated heterocycles. The van der Waals surface area contributed by atoms with Crippen molar-refractivity contribution >= 4 is 0 Å². The van der Waals surface area contributed by atoms with Crippen molar-refractivity contribution in [1.82, 2.24) is 0 Å². The molecule has 1 N–H and O–H groups in total. The van der Waals surface area contributed by atoms with Crippen LogP contribution in [0.3, 0.4) is 0 Å². The maximum absolute atomic E-state index is 13.9. The molecule has 16 heavy (non-hydrogen) atoms. The fraction of sp³-hybridized carbons (Fsp3) is 0.571. The molecular formula is C14H21FO. The second kappa shape index (κ2) is 4.54. The van der Waals surface area contributed by atoms with Gasteiger partial charge in [0.15, 0.2) is 0 Å². The van der Waals surface area contributed by atoms with Crippen LogP contribution in [0, 0.1) is 25.6 Å². The molecule has 0 saturated carbocycles. The molecule has 1 rings (SSSR count). The molecule has 1 aromatic carbocycles. The Balaban J connectivity index is 3.22. The van der Waals surface area contributed by atoms with Crippen molar-refractivity contribution in [2.45, 2.75) is 46.6 Å². The highest BCUT2D eigenvalue weighted by atomic mass is 19.1. The van der Waals surface area contributed by atoms with Crippen molar-refractivity contribution in [1.29, 1.82) is 0 Å². The third-order valence-corrected chi connectivity index (χ3v) is 2.78. The van der Waals surface area contributed by atoms with Gasteiger partial charge in [-0.2, -0.15) is 0 Å². The van der Waals surface area contributed by atoms with E-state index in [0.29, 0.717) is 17.9 Å². The molecule has 0 radical (unpaired) electrons. The van der Waals surface area contributed by atoms with Gasteiger partial charge in [0, 0.05) is 5.56 Å². The Hall–Kier alpha value is -0.890. The molecule has 0 aliphatic rings. The van der Waals surface area contributed by atoms with Crippen molar-refractivity contribution in [3.8, 4) is 0 Å². The summed E-state index contributed by atoms with van der Waals surface area (Å²) in [4.78, 5) is 0. The minimum atomic E-state index is -1.09. The van der Waals surface area contributed by atoms with Gasteiger partial charge in [-0.1, -0.05) is 19.9 Å². The number of rotatable bonds is 3. The molecular weight excluding hydrogens is 203 g/mol. The fourth-order valence-electron chi connectivity index (χ4n) is 2.49. The summed E-state index contributed by atoms with van der Waals surface area (Å²) in [6.07, 6.45) is 0.563. The van der Waals surface area contributed by atoms with E-state index in [1.54, 1.807) is 6.92 Å². The molecule has 0 amide bonds. The van der Waals surface area contributed by atoms with Crippen molar-refractivity contribution in [2.24, 2.45) is 5.92 Å². The first-order chi connectivity index (χ1) is 7.24. The molecule has 1 aromatic rings. The second-order valence-electron chi connectivity index (χ2n) is 5.31. The zero-order valence-electron chi connectivity index (χ0n) is 10.8. The van der Waals surface area contributed by atoms with Gasteiger partial charge in [0.1, 0.15) is 5.82 Å². The van der Waals surface area contributed by atoms with E-state index in [-0.39, 0.29) is 5.82 Å². The fourth-order valence-corrected chi connectivity index (χ4v) is 2.49. The van der Waals surface area contributed by atoms with E-state index in [4.69, 9.17) is 0 Å². The lowest BCUT2D eigenvalue weighted by Gasteiger charge is -2.28. The highest BCUT2D eigenvalue weighted by Crippen LogP contribution is 2.32. The van der Waals surface area contributed by atoms with E-state index < -0.39 is 5.60 Å². The number of hydrogen-bond acceptors (Lipinski definition) is 1. The normalized spacial score (nSPS) is 15.2. The SMILES string of the molecule is Cc1cc(C)c(C(C)(O)CC(C)C)c(F)c1. The number of aryl methyl sites for hydroxylation is 2. The predicted octanol–water partition coefficient (Wildman–Crippen LogP) is 3.70. The van der Waals surface area contributed by atoms with Gasteiger partial charge in [-0.15, -0.1) is 0 Å². The maximum atomic E-state index is 13.9. The standard InChI is InChI=1S/C14H21FO/c1-9(2)8-14(5,16)13-11(4)6-10(3)7-12(13)15/h6-7,9,16H,8H2,1-5H3. The van der Waals surface area contributed by atoms with Crippen LogP contribution in [0.1, 0.15) is 43.9 Å². The predicted molar refractivity (Wildman–Crippen MR) is 64.9 cm³/mol. The molecule has 0 heterocycles. The Labute approximate surface area is 97.3 Å². The quantitative estimate of drug-likeness (QED) is 0.830. The molecule has 1 unspecified atom stereocenters. The van der Waals surface area contributed by atoms with Crippen molar-refractivity contribution in [3.05, 3.63) is 34.6 Å². The zero-order chi connectivity index (χ0) is 12.5. The Morgan fingerprint density at radius 1 is 1.31 bits per heavy atom. The van der Waals surface area contributed by atoms with Crippen LogP contribution in [-0.2, 0) is 5.60 Å². The van der Waals surface area contributed by atoms with Crippen LogP contribution in [0.15, 0.2) is 12.1 Å². The summed E-state index contributed by atoms with van der Waals surface area (Å²) in [6, 6.07) is 3.39. The molecule has 2 heteroatoms. The van der Waals surface area contributed by atoms with Crippen molar-refractivity contribution in [2.75, 3.05) is 0 Å². The highest BCUT2D eigenvalue weighted by molar-refractivity contribution is 5.35. The largest absolute Gasteiger partial charge is 0.385 e. The Morgan fingerprint density at radius 2 is 1.88 bits per heavy atom. The lowest BCUT2D eigenvalue weighted by atomic mass is 9.84. The molecule has 0 aromatic heterocycles. The minimum Gasteiger partial charge on any atom is -0.385 e. The summed E-state index contributed by atoms with van der Waals surface area (Å²) in [5.41, 5.74) is 1.06. The number of benzene rings is 1. The summed E-state index contributed by atoms with van der Waals surface area (Å²) >= 11 is 0. The third kappa shape index (κ3) is 2.82. The summed E-state index contributed by atoms with van der Waals surface area (Å²) < 4.78 is 13.9. The van der Waals surface area contributed by atoms with Gasteiger partial charge in [0.2, 0.25) is 0 Å². The summed E-state index contributed by atoms with van der Waals surface area (Å²) in [7, 11) is 0. The van der Waals surface area contributed by atoms with Gasteiger partial charge in [-0.05, 0) is 50.3 Å². The van der Waals surface area contributed by atoms with Crippen molar-refractivity contribution in [3.63, 3.8) is 0 Å². The van der Waals surface area contributed by atoms with Crippen LogP contribution in [0.25, 0.3) is 0 Å². The van der Waals surface area contributed by atoms with Crippen LogP contribution < -0.4 is 0 Å². The lowest BCUT2D eigenvalue weighted by molar-refractivity contribution is 0.0307. The smallest absolute Gasteiger partial charge is 0.129 e. The molecule has 0 aliphatic heterocycles. The van der Waals surface area contributed by atoms with E-state index >= 15 is 0 Å². The van der Waals surface area contributed by atoms with E-state index in [2.05, 4.69) is 0 Å². The van der Waals surface area contributed by atoms with Crippen molar-refractivity contribution < 1.29 is 9.50 Å². The summed E-state index contributed by atoms with van der Waals surface area (Å²) in [5, 5.41) is 10.4. The van der Waals surface area contributed by atoms with Gasteiger partial charge in [-0.3, -0.25) is 0 Å². The topological polar surface area (TPSA) is 20.2 Å². The zero-order valence-corrected chi connectivity index (χ0v) is 10.8. The van der Waals surface area contributed by atoms with E-state index in [9.17, 15) is 9.50 Å². The van der Waals surface area contributed by atoms with Gasteiger partial charge in [0.05, 0.1) is 5.60 Å². The number of halogens is 1. The lowest BCUT2D eigenvalue weighted by Crippen LogP contribution is -2.26. The molecule has 1 nitrogen and oxygen atoms in total. The minimum absolute atomic E-state index is 0.303. The van der Waals surface area contributed by atoms with Gasteiger partial charge in [-0.25, -0.2) is 4.39 Å². The molecule has 0 spiro atoms. The number of hydrogen-bond donors (Lipinski definition) is 1. The van der Waals surface area contributed by atoms with Crippen LogP contribution in [0.2, 0.25) is 0 Å². The van der Waals surface area contributed by atoms with Gasteiger partial charge >= 0.3 is 0 Å². The highest BCUT2D eigenvalue weighted by Gasteiger charge is 2.29. The average molecular weight is 224 g/mol. The first kappa shape index (κ1) is 13.2. The van der Waals surface area contributed by atoms with Crippen LogP contribution in [0.4, 0.5) is 4.39 Å². The van der Waals surface area contributed by atoms with Crippen LogP contribution >= 0.6 is 0 Å². The van der Waals surface area contributed by atoms with Crippen LogP contribution in [-0.4, -0.2) is 5.11 Å². The molecule has 90 valence electrons. The van der Waals surface area contributed by atoms with E-state index in [1.165, 1.54) is 6.07 Å².